The standard InChI is InChI=1S/C15H26N2O2/c1-10(2)17(9-12-8-7-11(3)19-12)14(18)13(16)15(4,5)6/h7-8,10,13H,9,16H2,1-6H3/t13-/m0/s1. The Kier molecular flexibility index (Phi) is 4.80. The van der Waals surface area contributed by atoms with Crippen LogP contribution in [0.3, 0.4) is 0 Å². The van der Waals surface area contributed by atoms with E-state index in [-0.39, 0.29) is 17.4 Å². The number of nitrogens with zero attached hydrogens (tertiary/aromatic N) is 1. The first kappa shape index (κ1) is 15.8. The molecule has 1 amide bonds. The van der Waals surface area contributed by atoms with Crippen LogP contribution in [-0.2, 0) is 11.3 Å². The van der Waals surface area contributed by atoms with E-state index < -0.39 is 6.04 Å². The summed E-state index contributed by atoms with van der Waals surface area (Å²) in [5.41, 5.74) is 5.82. The Morgan fingerprint density at radius 2 is 1.95 bits per heavy atom. The van der Waals surface area contributed by atoms with Gasteiger partial charge in [0.25, 0.3) is 0 Å². The van der Waals surface area contributed by atoms with Gasteiger partial charge in [-0.05, 0) is 38.3 Å². The second-order valence-electron chi connectivity index (χ2n) is 6.42. The Morgan fingerprint density at radius 3 is 2.32 bits per heavy atom. The van der Waals surface area contributed by atoms with Crippen LogP contribution >= 0.6 is 0 Å². The van der Waals surface area contributed by atoms with Crippen LogP contribution in [0, 0.1) is 12.3 Å². The maximum atomic E-state index is 12.5. The lowest BCUT2D eigenvalue weighted by Gasteiger charge is -2.34. The molecule has 1 aromatic heterocycles. The van der Waals surface area contributed by atoms with Gasteiger partial charge in [0, 0.05) is 6.04 Å². The van der Waals surface area contributed by atoms with E-state index in [9.17, 15) is 4.79 Å². The molecule has 0 aliphatic rings. The highest BCUT2D eigenvalue weighted by Crippen LogP contribution is 2.21. The fourth-order valence-electron chi connectivity index (χ4n) is 1.80. The molecule has 108 valence electrons. The molecule has 0 aliphatic heterocycles. The van der Waals surface area contributed by atoms with Crippen LogP contribution in [0.2, 0.25) is 0 Å². The van der Waals surface area contributed by atoms with E-state index in [0.29, 0.717) is 6.54 Å². The lowest BCUT2D eigenvalue weighted by molar-refractivity contribution is -0.137. The van der Waals surface area contributed by atoms with Crippen LogP contribution in [0.1, 0.15) is 46.1 Å². The molecule has 0 fully saturated rings. The molecule has 0 saturated heterocycles. The van der Waals surface area contributed by atoms with Crippen molar-refractivity contribution in [3.63, 3.8) is 0 Å². The van der Waals surface area contributed by atoms with Crippen molar-refractivity contribution in [3.8, 4) is 0 Å². The highest BCUT2D eigenvalue weighted by Gasteiger charge is 2.32. The molecule has 2 N–H and O–H groups in total. The number of furan rings is 1. The molecular formula is C15H26N2O2. The van der Waals surface area contributed by atoms with Crippen LogP contribution in [0.5, 0.6) is 0 Å². The minimum atomic E-state index is -0.508. The van der Waals surface area contributed by atoms with Crippen molar-refractivity contribution >= 4 is 5.91 Å². The predicted octanol–water partition coefficient (Wildman–Crippen LogP) is 2.70. The van der Waals surface area contributed by atoms with Crippen molar-refractivity contribution in [1.29, 1.82) is 0 Å². The summed E-state index contributed by atoms with van der Waals surface area (Å²) in [6, 6.07) is 3.39. The lowest BCUT2D eigenvalue weighted by Crippen LogP contribution is -2.52. The minimum absolute atomic E-state index is 0.0310. The second kappa shape index (κ2) is 5.78. The molecule has 0 aliphatic carbocycles. The SMILES string of the molecule is Cc1ccc(CN(C(=O)[C@H](N)C(C)(C)C)C(C)C)o1. The van der Waals surface area contributed by atoms with E-state index in [1.165, 1.54) is 0 Å². The molecule has 19 heavy (non-hydrogen) atoms. The van der Waals surface area contributed by atoms with Gasteiger partial charge in [0.2, 0.25) is 5.91 Å². The molecule has 0 saturated carbocycles. The second-order valence-corrected chi connectivity index (χ2v) is 6.42. The van der Waals surface area contributed by atoms with Gasteiger partial charge in [0.1, 0.15) is 11.5 Å². The van der Waals surface area contributed by atoms with Crippen molar-refractivity contribution in [2.24, 2.45) is 11.1 Å². The number of nitrogens with two attached hydrogens (primary N) is 1. The van der Waals surface area contributed by atoms with E-state index in [0.717, 1.165) is 11.5 Å². The van der Waals surface area contributed by atoms with E-state index in [1.807, 2.05) is 53.7 Å². The number of carbonyl (C=O) groups excluding carboxylic acids is 1. The Morgan fingerprint density at radius 1 is 1.37 bits per heavy atom. The molecule has 1 rings (SSSR count). The quantitative estimate of drug-likeness (QED) is 0.911. The Balaban J connectivity index is 2.86. The predicted molar refractivity (Wildman–Crippen MR) is 76.6 cm³/mol. The highest BCUT2D eigenvalue weighted by atomic mass is 16.3. The number of hydrogen-bond acceptors (Lipinski definition) is 3. The fraction of sp³-hybridized carbons (Fsp3) is 0.667. The van der Waals surface area contributed by atoms with Gasteiger partial charge in [-0.15, -0.1) is 0 Å². The maximum absolute atomic E-state index is 12.5. The van der Waals surface area contributed by atoms with Crippen LogP contribution < -0.4 is 5.73 Å². The zero-order valence-corrected chi connectivity index (χ0v) is 12.9. The molecule has 0 bridgehead atoms. The summed E-state index contributed by atoms with van der Waals surface area (Å²) in [5.74, 6) is 1.61. The first-order chi connectivity index (χ1) is 8.62. The van der Waals surface area contributed by atoms with Crippen LogP contribution in [-0.4, -0.2) is 22.9 Å². The summed E-state index contributed by atoms with van der Waals surface area (Å²) in [6.07, 6.45) is 0. The van der Waals surface area contributed by atoms with Gasteiger partial charge in [-0.25, -0.2) is 0 Å². The van der Waals surface area contributed by atoms with Crippen molar-refractivity contribution in [2.45, 2.75) is 60.2 Å². The van der Waals surface area contributed by atoms with Crippen molar-refractivity contribution in [3.05, 3.63) is 23.7 Å². The minimum Gasteiger partial charge on any atom is -0.464 e. The zero-order valence-electron chi connectivity index (χ0n) is 12.9. The van der Waals surface area contributed by atoms with Crippen LogP contribution in [0.15, 0.2) is 16.5 Å². The number of carbonyl (C=O) groups is 1. The van der Waals surface area contributed by atoms with E-state index in [1.54, 1.807) is 4.90 Å². The van der Waals surface area contributed by atoms with Gasteiger partial charge >= 0.3 is 0 Å². The van der Waals surface area contributed by atoms with E-state index in [2.05, 4.69) is 0 Å². The van der Waals surface area contributed by atoms with Gasteiger partial charge in [0.05, 0.1) is 12.6 Å². The Hall–Kier alpha value is -1.29. The summed E-state index contributed by atoms with van der Waals surface area (Å²) in [7, 11) is 0. The summed E-state index contributed by atoms with van der Waals surface area (Å²) < 4.78 is 5.54. The molecular weight excluding hydrogens is 240 g/mol. The monoisotopic (exact) mass is 266 g/mol. The van der Waals surface area contributed by atoms with Gasteiger partial charge in [-0.3, -0.25) is 4.79 Å². The van der Waals surface area contributed by atoms with Crippen LogP contribution in [0.25, 0.3) is 0 Å². The molecule has 1 atom stereocenters. The summed E-state index contributed by atoms with van der Waals surface area (Å²) in [5, 5.41) is 0. The highest BCUT2D eigenvalue weighted by molar-refractivity contribution is 5.82. The van der Waals surface area contributed by atoms with E-state index in [4.69, 9.17) is 10.2 Å². The van der Waals surface area contributed by atoms with Crippen LogP contribution in [0.4, 0.5) is 0 Å². The molecule has 4 heteroatoms. The first-order valence-corrected chi connectivity index (χ1v) is 6.74. The molecule has 0 aromatic carbocycles. The third-order valence-corrected chi connectivity index (χ3v) is 3.23. The molecule has 0 unspecified atom stereocenters. The Labute approximate surface area is 116 Å². The number of rotatable bonds is 4. The molecule has 1 heterocycles. The van der Waals surface area contributed by atoms with Gasteiger partial charge in [-0.2, -0.15) is 0 Å². The van der Waals surface area contributed by atoms with Crippen molar-refractivity contribution < 1.29 is 9.21 Å². The topological polar surface area (TPSA) is 59.5 Å². The van der Waals surface area contributed by atoms with Gasteiger partial charge in [-0.1, -0.05) is 20.8 Å². The zero-order chi connectivity index (χ0) is 14.8. The third-order valence-electron chi connectivity index (χ3n) is 3.23. The number of hydrogen-bond donors (Lipinski definition) is 1. The summed E-state index contributed by atoms with van der Waals surface area (Å²) in [4.78, 5) is 14.3. The third kappa shape index (κ3) is 4.10. The average Bonchev–Trinajstić information content (AvgIpc) is 2.68. The molecule has 0 spiro atoms. The first-order valence-electron chi connectivity index (χ1n) is 6.74. The normalized spacial score (nSPS) is 13.7. The van der Waals surface area contributed by atoms with Gasteiger partial charge < -0.3 is 15.1 Å². The van der Waals surface area contributed by atoms with Crippen molar-refractivity contribution in [2.75, 3.05) is 0 Å². The molecule has 4 nitrogen and oxygen atoms in total. The smallest absolute Gasteiger partial charge is 0.240 e. The molecule has 0 radical (unpaired) electrons. The van der Waals surface area contributed by atoms with Crippen molar-refractivity contribution in [1.82, 2.24) is 4.90 Å². The largest absolute Gasteiger partial charge is 0.464 e. The van der Waals surface area contributed by atoms with Gasteiger partial charge in [0.15, 0.2) is 0 Å². The summed E-state index contributed by atoms with van der Waals surface area (Å²) >= 11 is 0. The summed E-state index contributed by atoms with van der Waals surface area (Å²) in [6.45, 7) is 12.3. The van der Waals surface area contributed by atoms with E-state index >= 15 is 0 Å². The number of amides is 1. The molecule has 1 aromatic rings. The maximum Gasteiger partial charge on any atom is 0.240 e. The Bertz CT molecular complexity index is 430. The number of aryl methyl sites for hydroxylation is 1. The lowest BCUT2D eigenvalue weighted by atomic mass is 9.86. The fourth-order valence-corrected chi connectivity index (χ4v) is 1.80. The average molecular weight is 266 g/mol.